The summed E-state index contributed by atoms with van der Waals surface area (Å²) in [6.45, 7) is 7.93. The van der Waals surface area contributed by atoms with E-state index in [0.717, 1.165) is 17.5 Å². The van der Waals surface area contributed by atoms with E-state index < -0.39 is 0 Å². The van der Waals surface area contributed by atoms with Crippen LogP contribution in [-0.2, 0) is 6.42 Å². The second-order valence-corrected chi connectivity index (χ2v) is 8.49. The second kappa shape index (κ2) is 9.35. The average molecular weight is 457 g/mol. The minimum absolute atomic E-state index is 0.0855. The van der Waals surface area contributed by atoms with Gasteiger partial charge in [0.25, 0.3) is 0 Å². The molecule has 0 aliphatic rings. The molecule has 2 heterocycles. The Morgan fingerprint density at radius 1 is 1.03 bits per heavy atom. The van der Waals surface area contributed by atoms with Gasteiger partial charge < -0.3 is 20.9 Å². The summed E-state index contributed by atoms with van der Waals surface area (Å²) in [5.41, 5.74) is 10.8. The number of fused-ring (bicyclic) bond motifs is 1. The van der Waals surface area contributed by atoms with Gasteiger partial charge in [0.2, 0.25) is 0 Å². The predicted molar refractivity (Wildman–Crippen MR) is 135 cm³/mol. The molecule has 0 spiro atoms. The fraction of sp³-hybridized carbons (Fsp3) is 0.231. The zero-order valence-electron chi connectivity index (χ0n) is 19.7. The third-order valence-corrected chi connectivity index (χ3v) is 5.77. The molecule has 0 aliphatic heterocycles. The highest BCUT2D eigenvalue weighted by Gasteiger charge is 2.22. The van der Waals surface area contributed by atoms with Gasteiger partial charge in [-0.15, -0.1) is 0 Å². The number of nitrogen functional groups attached to an aromatic ring is 1. The summed E-state index contributed by atoms with van der Waals surface area (Å²) in [7, 11) is 0. The Hall–Kier alpha value is -4.20. The van der Waals surface area contributed by atoms with E-state index in [1.807, 2.05) is 55.7 Å². The number of nitrogens with zero attached hydrogens (tertiary/aromatic N) is 3. The van der Waals surface area contributed by atoms with Gasteiger partial charge in [-0.25, -0.2) is 14.8 Å². The van der Waals surface area contributed by atoms with Crippen LogP contribution in [0.25, 0.3) is 11.0 Å². The zero-order chi connectivity index (χ0) is 24.4. The molecule has 0 saturated carbocycles. The van der Waals surface area contributed by atoms with E-state index in [1.54, 1.807) is 18.3 Å². The van der Waals surface area contributed by atoms with Crippen molar-refractivity contribution in [2.24, 2.45) is 0 Å². The number of anilines is 3. The summed E-state index contributed by atoms with van der Waals surface area (Å²) in [5, 5.41) is 6.19. The standard InChI is InChI=1S/C26H28N6O2/c1-5-17-7-6-8-18(11-17)30-26(34)31-19-10-9-16(4)20(12-19)23(33)21-13-32(15(2)3)25-22(21)24(27)28-14-29-25/h6-15H,5H2,1-4H3,(H2,27,28,29)(H2,30,31,34). The molecule has 2 aromatic heterocycles. The Bertz CT molecular complexity index is 1390. The number of aromatic nitrogens is 3. The van der Waals surface area contributed by atoms with Crippen molar-refractivity contribution in [2.75, 3.05) is 16.4 Å². The molecular weight excluding hydrogens is 428 g/mol. The van der Waals surface area contributed by atoms with Gasteiger partial charge in [-0.2, -0.15) is 0 Å². The summed E-state index contributed by atoms with van der Waals surface area (Å²) >= 11 is 0. The first-order chi connectivity index (χ1) is 16.3. The molecule has 0 unspecified atom stereocenters. The third kappa shape index (κ3) is 4.47. The van der Waals surface area contributed by atoms with E-state index in [4.69, 9.17) is 5.73 Å². The number of carbonyl (C=O) groups excluding carboxylic acids is 2. The normalized spacial score (nSPS) is 11.1. The highest BCUT2D eigenvalue weighted by molar-refractivity contribution is 6.19. The van der Waals surface area contributed by atoms with Gasteiger partial charge in [-0.3, -0.25) is 4.79 Å². The second-order valence-electron chi connectivity index (χ2n) is 8.49. The van der Waals surface area contributed by atoms with E-state index in [1.165, 1.54) is 6.33 Å². The maximum absolute atomic E-state index is 13.6. The maximum atomic E-state index is 13.6. The quantitative estimate of drug-likeness (QED) is 0.339. The number of ketones is 1. The van der Waals surface area contributed by atoms with Crippen LogP contribution in [0.5, 0.6) is 0 Å². The number of hydrogen-bond acceptors (Lipinski definition) is 5. The minimum Gasteiger partial charge on any atom is -0.383 e. The molecule has 0 aliphatic carbocycles. The van der Waals surface area contributed by atoms with Gasteiger partial charge in [-0.05, 0) is 62.6 Å². The van der Waals surface area contributed by atoms with Crippen LogP contribution in [0.2, 0.25) is 0 Å². The van der Waals surface area contributed by atoms with E-state index >= 15 is 0 Å². The van der Waals surface area contributed by atoms with Crippen molar-refractivity contribution in [3.05, 3.63) is 77.2 Å². The Kier molecular flexibility index (Phi) is 6.32. The Morgan fingerprint density at radius 2 is 1.76 bits per heavy atom. The van der Waals surface area contributed by atoms with Crippen LogP contribution in [0.15, 0.2) is 55.0 Å². The van der Waals surface area contributed by atoms with Crippen molar-refractivity contribution in [1.82, 2.24) is 14.5 Å². The lowest BCUT2D eigenvalue weighted by Crippen LogP contribution is -2.20. The molecule has 0 saturated heterocycles. The van der Waals surface area contributed by atoms with Crippen molar-refractivity contribution in [3.63, 3.8) is 0 Å². The van der Waals surface area contributed by atoms with Crippen LogP contribution in [0.3, 0.4) is 0 Å². The lowest BCUT2D eigenvalue weighted by molar-refractivity contribution is 0.103. The molecule has 0 fully saturated rings. The first kappa shape index (κ1) is 23.0. The first-order valence-electron chi connectivity index (χ1n) is 11.2. The average Bonchev–Trinajstić information content (AvgIpc) is 3.21. The van der Waals surface area contributed by atoms with Gasteiger partial charge in [0, 0.05) is 29.2 Å². The zero-order valence-corrected chi connectivity index (χ0v) is 19.7. The fourth-order valence-electron chi connectivity index (χ4n) is 3.93. The van der Waals surface area contributed by atoms with Crippen molar-refractivity contribution in [2.45, 2.75) is 40.2 Å². The molecule has 0 radical (unpaired) electrons. The molecule has 34 heavy (non-hydrogen) atoms. The van der Waals surface area contributed by atoms with E-state index in [2.05, 4.69) is 27.5 Å². The number of nitrogens with two attached hydrogens (primary N) is 1. The Labute approximate surface area is 198 Å². The van der Waals surface area contributed by atoms with E-state index in [-0.39, 0.29) is 23.7 Å². The molecule has 2 amide bonds. The van der Waals surface area contributed by atoms with Crippen LogP contribution >= 0.6 is 0 Å². The number of hydrogen-bond donors (Lipinski definition) is 3. The molecule has 4 aromatic rings. The number of urea groups is 1. The summed E-state index contributed by atoms with van der Waals surface area (Å²) < 4.78 is 1.91. The monoisotopic (exact) mass is 456 g/mol. The number of amides is 2. The fourth-order valence-corrected chi connectivity index (χ4v) is 3.93. The van der Waals surface area contributed by atoms with Crippen LogP contribution < -0.4 is 16.4 Å². The van der Waals surface area contributed by atoms with Crippen molar-refractivity contribution in [3.8, 4) is 0 Å². The topological polar surface area (TPSA) is 115 Å². The summed E-state index contributed by atoms with van der Waals surface area (Å²) in [4.78, 5) is 34.6. The Balaban J connectivity index is 1.64. The first-order valence-corrected chi connectivity index (χ1v) is 11.2. The van der Waals surface area contributed by atoms with Crippen LogP contribution in [0, 0.1) is 6.92 Å². The minimum atomic E-state index is -0.385. The number of benzene rings is 2. The molecular formula is C26H28N6O2. The van der Waals surface area contributed by atoms with Gasteiger partial charge in [0.1, 0.15) is 17.8 Å². The molecule has 4 N–H and O–H groups in total. The highest BCUT2D eigenvalue weighted by atomic mass is 16.2. The van der Waals surface area contributed by atoms with Crippen molar-refractivity contribution < 1.29 is 9.59 Å². The Morgan fingerprint density at radius 3 is 2.47 bits per heavy atom. The van der Waals surface area contributed by atoms with Gasteiger partial charge >= 0.3 is 6.03 Å². The van der Waals surface area contributed by atoms with Gasteiger partial charge in [0.05, 0.1) is 10.9 Å². The largest absolute Gasteiger partial charge is 0.383 e. The van der Waals surface area contributed by atoms with Crippen molar-refractivity contribution in [1.29, 1.82) is 0 Å². The summed E-state index contributed by atoms with van der Waals surface area (Å²) in [6, 6.07) is 12.6. The smallest absolute Gasteiger partial charge is 0.323 e. The lowest BCUT2D eigenvalue weighted by Gasteiger charge is -2.11. The molecule has 8 nitrogen and oxygen atoms in total. The van der Waals surface area contributed by atoms with Gasteiger partial charge in [0.15, 0.2) is 5.78 Å². The summed E-state index contributed by atoms with van der Waals surface area (Å²) in [5.74, 6) is 0.0523. The van der Waals surface area contributed by atoms with Crippen LogP contribution in [0.4, 0.5) is 22.0 Å². The number of carbonyl (C=O) groups is 2. The SMILES string of the molecule is CCc1cccc(NC(=O)Nc2ccc(C)c(C(=O)c3cn(C(C)C)c4ncnc(N)c34)c2)c1. The third-order valence-electron chi connectivity index (χ3n) is 5.77. The van der Waals surface area contributed by atoms with E-state index in [0.29, 0.717) is 33.5 Å². The summed E-state index contributed by atoms with van der Waals surface area (Å²) in [6.07, 6.45) is 4.05. The lowest BCUT2D eigenvalue weighted by atomic mass is 9.98. The molecule has 4 rings (SSSR count). The molecule has 0 bridgehead atoms. The molecule has 0 atom stereocenters. The maximum Gasteiger partial charge on any atom is 0.323 e. The van der Waals surface area contributed by atoms with Crippen molar-refractivity contribution >= 4 is 40.0 Å². The van der Waals surface area contributed by atoms with Crippen LogP contribution in [-0.4, -0.2) is 26.3 Å². The molecule has 8 heteroatoms. The van der Waals surface area contributed by atoms with Gasteiger partial charge in [-0.1, -0.05) is 25.1 Å². The highest BCUT2D eigenvalue weighted by Crippen LogP contribution is 2.30. The number of rotatable bonds is 6. The number of aryl methyl sites for hydroxylation is 2. The van der Waals surface area contributed by atoms with Crippen LogP contribution in [0.1, 0.15) is 53.9 Å². The number of nitrogens with one attached hydrogen (secondary N) is 2. The van der Waals surface area contributed by atoms with E-state index in [9.17, 15) is 9.59 Å². The predicted octanol–water partition coefficient (Wildman–Crippen LogP) is 5.34. The molecule has 174 valence electrons. The molecule has 2 aromatic carbocycles.